The number of benzene rings is 1. The molecule has 1 heterocycles. The van der Waals surface area contributed by atoms with Crippen LogP contribution < -0.4 is 5.56 Å². The number of aromatic nitrogens is 2. The minimum Gasteiger partial charge on any atom is -0.314 e. The van der Waals surface area contributed by atoms with Crippen LogP contribution >= 0.6 is 12.2 Å². The van der Waals surface area contributed by atoms with E-state index in [-0.39, 0.29) is 5.56 Å². The van der Waals surface area contributed by atoms with Crippen molar-refractivity contribution < 1.29 is 0 Å². The zero-order chi connectivity index (χ0) is 16.4. The minimum absolute atomic E-state index is 0.0562. The highest BCUT2D eigenvalue weighted by Crippen LogP contribution is 2.20. The molecular formula is C19H22N2OS. The maximum absolute atomic E-state index is 12.0. The number of fused-ring (bicyclic) bond motifs is 1. The van der Waals surface area contributed by atoms with Crippen LogP contribution in [-0.4, -0.2) is 9.55 Å². The highest BCUT2D eigenvalue weighted by Gasteiger charge is 2.15. The third kappa shape index (κ3) is 3.37. The van der Waals surface area contributed by atoms with Crippen molar-refractivity contribution in [3.63, 3.8) is 0 Å². The molecule has 3 rings (SSSR count). The van der Waals surface area contributed by atoms with Gasteiger partial charge < -0.3 is 4.57 Å². The molecule has 0 saturated carbocycles. The number of H-pyrrole nitrogens is 1. The number of aryl methyl sites for hydroxylation is 1. The zero-order valence-corrected chi connectivity index (χ0v) is 14.5. The fraction of sp³-hybridized carbons (Fsp3) is 0.368. The van der Waals surface area contributed by atoms with Gasteiger partial charge in [-0.15, -0.1) is 0 Å². The van der Waals surface area contributed by atoms with Gasteiger partial charge in [-0.05, 0) is 54.6 Å². The Morgan fingerprint density at radius 3 is 2.74 bits per heavy atom. The van der Waals surface area contributed by atoms with Crippen molar-refractivity contribution in [3.05, 3.63) is 67.9 Å². The van der Waals surface area contributed by atoms with Crippen molar-refractivity contribution in [2.45, 2.75) is 39.7 Å². The normalized spacial score (nSPS) is 12.8. The van der Waals surface area contributed by atoms with Crippen molar-refractivity contribution >= 4 is 18.3 Å². The molecule has 4 heteroatoms. The average Bonchev–Trinajstić information content (AvgIpc) is 3.00. The molecule has 0 radical (unpaired) electrons. The maximum atomic E-state index is 12.0. The predicted octanol–water partition coefficient (Wildman–Crippen LogP) is 4.11. The molecule has 0 unspecified atom stereocenters. The van der Waals surface area contributed by atoms with Crippen molar-refractivity contribution in [1.82, 2.24) is 9.55 Å². The molecule has 0 saturated heterocycles. The van der Waals surface area contributed by atoms with Gasteiger partial charge in [-0.2, -0.15) is 0 Å². The van der Waals surface area contributed by atoms with Gasteiger partial charge in [0.1, 0.15) is 0 Å². The van der Waals surface area contributed by atoms with Crippen LogP contribution in [0.25, 0.3) is 6.08 Å². The number of nitrogens with one attached hydrogen (secondary N) is 1. The third-order valence-electron chi connectivity index (χ3n) is 4.38. The molecule has 120 valence electrons. The lowest BCUT2D eigenvalue weighted by Gasteiger charge is -2.15. The van der Waals surface area contributed by atoms with E-state index in [2.05, 4.69) is 43.1 Å². The average molecular weight is 326 g/mol. The summed E-state index contributed by atoms with van der Waals surface area (Å²) in [4.78, 5) is 14.8. The van der Waals surface area contributed by atoms with E-state index in [4.69, 9.17) is 12.2 Å². The standard InChI is InChI=1S/C19H22N2OS/c1-13(2)10-11-14-6-3-4-7-15(14)12-21-17-9-5-8-16(17)18(22)20-19(21)23/h3-7,9,13H,8,10-12H2,1-2H3,(H,20,22,23). The summed E-state index contributed by atoms with van der Waals surface area (Å²) in [5.41, 5.74) is 4.36. The van der Waals surface area contributed by atoms with E-state index >= 15 is 0 Å². The first-order valence-corrected chi connectivity index (χ1v) is 8.56. The quantitative estimate of drug-likeness (QED) is 0.840. The molecule has 0 spiro atoms. The van der Waals surface area contributed by atoms with Gasteiger partial charge in [-0.1, -0.05) is 44.2 Å². The summed E-state index contributed by atoms with van der Waals surface area (Å²) in [6.45, 7) is 5.20. The number of hydrogen-bond donors (Lipinski definition) is 1. The van der Waals surface area contributed by atoms with Crippen molar-refractivity contribution in [1.29, 1.82) is 0 Å². The first-order chi connectivity index (χ1) is 11.1. The summed E-state index contributed by atoms with van der Waals surface area (Å²) in [5, 5.41) is 0. The second kappa shape index (κ2) is 6.67. The molecule has 1 aliphatic carbocycles. The van der Waals surface area contributed by atoms with Crippen LogP contribution in [0.1, 0.15) is 42.7 Å². The lowest BCUT2D eigenvalue weighted by atomic mass is 9.98. The first-order valence-electron chi connectivity index (χ1n) is 8.15. The minimum atomic E-state index is -0.0562. The molecular weight excluding hydrogens is 304 g/mol. The van der Waals surface area contributed by atoms with Gasteiger partial charge in [-0.3, -0.25) is 9.78 Å². The van der Waals surface area contributed by atoms with E-state index < -0.39 is 0 Å². The Morgan fingerprint density at radius 1 is 1.26 bits per heavy atom. The first kappa shape index (κ1) is 15.9. The Labute approximate surface area is 141 Å². The van der Waals surface area contributed by atoms with Gasteiger partial charge in [-0.25, -0.2) is 0 Å². The van der Waals surface area contributed by atoms with E-state index in [1.54, 1.807) is 0 Å². The van der Waals surface area contributed by atoms with Crippen LogP contribution in [0.3, 0.4) is 0 Å². The molecule has 23 heavy (non-hydrogen) atoms. The smallest absolute Gasteiger partial charge is 0.255 e. The second-order valence-electron chi connectivity index (χ2n) is 6.52. The summed E-state index contributed by atoms with van der Waals surface area (Å²) >= 11 is 5.40. The number of aromatic amines is 1. The predicted molar refractivity (Wildman–Crippen MR) is 97.3 cm³/mol. The largest absolute Gasteiger partial charge is 0.314 e. The Bertz CT molecular complexity index is 858. The van der Waals surface area contributed by atoms with Gasteiger partial charge in [0.05, 0.1) is 12.2 Å². The molecule has 1 aromatic heterocycles. The van der Waals surface area contributed by atoms with Gasteiger partial charge in [0.25, 0.3) is 5.56 Å². The molecule has 0 amide bonds. The van der Waals surface area contributed by atoms with Crippen LogP contribution in [0.4, 0.5) is 0 Å². The highest BCUT2D eigenvalue weighted by atomic mass is 32.1. The molecule has 0 atom stereocenters. The van der Waals surface area contributed by atoms with Crippen LogP contribution in [0, 0.1) is 10.7 Å². The number of allylic oxidation sites excluding steroid dienone is 1. The van der Waals surface area contributed by atoms with Crippen molar-refractivity contribution in [2.24, 2.45) is 5.92 Å². The van der Waals surface area contributed by atoms with Crippen LogP contribution in [0.15, 0.2) is 35.1 Å². The summed E-state index contributed by atoms with van der Waals surface area (Å²) in [6, 6.07) is 8.52. The summed E-state index contributed by atoms with van der Waals surface area (Å²) < 4.78 is 2.54. The SMILES string of the molecule is CC(C)CCc1ccccc1Cn1c2c(c(=O)[nH]c1=S)CC=C2. The molecule has 1 N–H and O–H groups in total. The van der Waals surface area contributed by atoms with E-state index in [1.165, 1.54) is 17.5 Å². The molecule has 0 fully saturated rings. The van der Waals surface area contributed by atoms with E-state index in [9.17, 15) is 4.79 Å². The van der Waals surface area contributed by atoms with E-state index in [0.717, 1.165) is 17.7 Å². The van der Waals surface area contributed by atoms with Crippen LogP contribution in [-0.2, 0) is 19.4 Å². The Hall–Kier alpha value is -1.94. The summed E-state index contributed by atoms with van der Waals surface area (Å²) in [6.07, 6.45) is 6.97. The van der Waals surface area contributed by atoms with Gasteiger partial charge in [0, 0.05) is 5.56 Å². The Balaban J connectivity index is 1.98. The van der Waals surface area contributed by atoms with Gasteiger partial charge >= 0.3 is 0 Å². The molecule has 2 aromatic rings. The Kier molecular flexibility index (Phi) is 4.62. The maximum Gasteiger partial charge on any atom is 0.255 e. The summed E-state index contributed by atoms with van der Waals surface area (Å²) in [7, 11) is 0. The van der Waals surface area contributed by atoms with E-state index in [1.807, 2.05) is 16.7 Å². The highest BCUT2D eigenvalue weighted by molar-refractivity contribution is 7.71. The zero-order valence-electron chi connectivity index (χ0n) is 13.6. The Morgan fingerprint density at radius 2 is 2.00 bits per heavy atom. The second-order valence-corrected chi connectivity index (χ2v) is 6.90. The molecule has 1 aliphatic rings. The fourth-order valence-electron chi connectivity index (χ4n) is 3.03. The fourth-order valence-corrected chi connectivity index (χ4v) is 3.29. The number of rotatable bonds is 5. The van der Waals surface area contributed by atoms with Gasteiger partial charge in [0.15, 0.2) is 4.77 Å². The van der Waals surface area contributed by atoms with Crippen molar-refractivity contribution in [2.75, 3.05) is 0 Å². The molecule has 0 bridgehead atoms. The number of hydrogen-bond acceptors (Lipinski definition) is 2. The topological polar surface area (TPSA) is 37.8 Å². The van der Waals surface area contributed by atoms with Crippen molar-refractivity contribution in [3.8, 4) is 0 Å². The van der Waals surface area contributed by atoms with Gasteiger partial charge in [0.2, 0.25) is 0 Å². The molecule has 1 aromatic carbocycles. The summed E-state index contributed by atoms with van der Waals surface area (Å²) in [5.74, 6) is 0.686. The third-order valence-corrected chi connectivity index (χ3v) is 4.70. The van der Waals surface area contributed by atoms with E-state index in [0.29, 0.717) is 23.7 Å². The van der Waals surface area contributed by atoms with Crippen LogP contribution in [0.5, 0.6) is 0 Å². The number of nitrogens with zero attached hydrogens (tertiary/aromatic N) is 1. The van der Waals surface area contributed by atoms with Crippen LogP contribution in [0.2, 0.25) is 0 Å². The molecule has 3 nitrogen and oxygen atoms in total. The lowest BCUT2D eigenvalue weighted by molar-refractivity contribution is 0.583. The lowest BCUT2D eigenvalue weighted by Crippen LogP contribution is -2.20. The monoisotopic (exact) mass is 326 g/mol. The molecule has 0 aliphatic heterocycles.